The smallest absolute Gasteiger partial charge is 0.227 e. The van der Waals surface area contributed by atoms with Crippen LogP contribution in [0.4, 0.5) is 0 Å². The Morgan fingerprint density at radius 2 is 2.00 bits per heavy atom. The minimum atomic E-state index is -0.0939. The Kier molecular flexibility index (Phi) is 4.56. The molecule has 1 amide bonds. The number of hydrogen-bond donors (Lipinski definition) is 1. The van der Waals surface area contributed by atoms with E-state index in [0.29, 0.717) is 6.04 Å². The summed E-state index contributed by atoms with van der Waals surface area (Å²) in [5.74, 6) is 0.0595. The van der Waals surface area contributed by atoms with Crippen LogP contribution in [0, 0.1) is 13.8 Å². The van der Waals surface area contributed by atoms with Gasteiger partial charge in [-0.1, -0.05) is 19.3 Å². The maximum absolute atomic E-state index is 12.3. The second-order valence-electron chi connectivity index (χ2n) is 5.68. The van der Waals surface area contributed by atoms with Gasteiger partial charge in [-0.2, -0.15) is 0 Å². The van der Waals surface area contributed by atoms with Crippen molar-refractivity contribution in [3.8, 4) is 0 Å². The summed E-state index contributed by atoms with van der Waals surface area (Å²) in [7, 11) is 0. The van der Waals surface area contributed by atoms with E-state index in [9.17, 15) is 4.79 Å². The van der Waals surface area contributed by atoms with E-state index >= 15 is 0 Å². The fourth-order valence-electron chi connectivity index (χ4n) is 2.84. The highest BCUT2D eigenvalue weighted by molar-refractivity contribution is 5.83. The number of nitrogens with zero attached hydrogens (tertiary/aromatic N) is 1. The van der Waals surface area contributed by atoms with E-state index in [1.165, 1.54) is 19.3 Å². The Balaban J connectivity index is 2.03. The zero-order chi connectivity index (χ0) is 13.8. The van der Waals surface area contributed by atoms with Crippen LogP contribution in [-0.2, 0) is 4.79 Å². The summed E-state index contributed by atoms with van der Waals surface area (Å²) in [5.41, 5.74) is 3.24. The van der Waals surface area contributed by atoms with Gasteiger partial charge in [-0.25, -0.2) is 0 Å². The van der Waals surface area contributed by atoms with Gasteiger partial charge in [0.1, 0.15) is 0 Å². The summed E-state index contributed by atoms with van der Waals surface area (Å²) in [4.78, 5) is 16.6. The number of pyridine rings is 1. The zero-order valence-electron chi connectivity index (χ0n) is 12.2. The first kappa shape index (κ1) is 14.0. The molecule has 3 heteroatoms. The molecule has 1 unspecified atom stereocenters. The van der Waals surface area contributed by atoms with Crippen LogP contribution in [0.15, 0.2) is 12.3 Å². The van der Waals surface area contributed by atoms with Crippen LogP contribution in [0.25, 0.3) is 0 Å². The molecule has 0 spiro atoms. The molecule has 0 aromatic carbocycles. The second kappa shape index (κ2) is 6.18. The molecule has 104 valence electrons. The number of amides is 1. The van der Waals surface area contributed by atoms with Crippen LogP contribution >= 0.6 is 0 Å². The van der Waals surface area contributed by atoms with E-state index in [1.54, 1.807) is 6.20 Å². The molecule has 0 radical (unpaired) electrons. The maximum atomic E-state index is 12.3. The normalized spacial score (nSPS) is 18.1. The summed E-state index contributed by atoms with van der Waals surface area (Å²) in [6, 6.07) is 2.35. The lowest BCUT2D eigenvalue weighted by molar-refractivity contribution is -0.123. The van der Waals surface area contributed by atoms with Crippen molar-refractivity contribution in [3.63, 3.8) is 0 Å². The van der Waals surface area contributed by atoms with Crippen molar-refractivity contribution in [1.82, 2.24) is 10.3 Å². The summed E-state index contributed by atoms with van der Waals surface area (Å²) in [5, 5.41) is 3.20. The Morgan fingerprint density at radius 3 is 2.68 bits per heavy atom. The molecular weight excluding hydrogens is 236 g/mol. The van der Waals surface area contributed by atoms with Crippen molar-refractivity contribution in [2.45, 2.75) is 64.8 Å². The minimum absolute atomic E-state index is 0.0939. The highest BCUT2D eigenvalue weighted by Crippen LogP contribution is 2.23. The molecule has 0 bridgehead atoms. The SMILES string of the molecule is Cc1nccc(C(C)C(=O)NC2CCCCC2)c1C. The van der Waals surface area contributed by atoms with Gasteiger partial charge < -0.3 is 5.32 Å². The predicted molar refractivity (Wildman–Crippen MR) is 77.1 cm³/mol. The molecule has 1 aromatic rings. The topological polar surface area (TPSA) is 42.0 Å². The molecule has 1 N–H and O–H groups in total. The molecule has 3 nitrogen and oxygen atoms in total. The summed E-state index contributed by atoms with van der Waals surface area (Å²) >= 11 is 0. The largest absolute Gasteiger partial charge is 0.353 e. The highest BCUT2D eigenvalue weighted by Gasteiger charge is 2.22. The first-order valence-electron chi connectivity index (χ1n) is 7.32. The van der Waals surface area contributed by atoms with Crippen LogP contribution < -0.4 is 5.32 Å². The Hall–Kier alpha value is -1.38. The van der Waals surface area contributed by atoms with Gasteiger partial charge in [0.05, 0.1) is 5.92 Å². The monoisotopic (exact) mass is 260 g/mol. The lowest BCUT2D eigenvalue weighted by Gasteiger charge is -2.25. The van der Waals surface area contributed by atoms with E-state index in [0.717, 1.165) is 29.7 Å². The molecule has 1 aromatic heterocycles. The van der Waals surface area contributed by atoms with Gasteiger partial charge in [0.15, 0.2) is 0 Å². The third-order valence-electron chi connectivity index (χ3n) is 4.31. The van der Waals surface area contributed by atoms with Gasteiger partial charge in [0.25, 0.3) is 0 Å². The summed E-state index contributed by atoms with van der Waals surface area (Å²) in [6.45, 7) is 6.02. The molecule has 0 saturated heterocycles. The molecule has 19 heavy (non-hydrogen) atoms. The second-order valence-corrected chi connectivity index (χ2v) is 5.68. The van der Waals surface area contributed by atoms with Gasteiger partial charge in [0, 0.05) is 17.9 Å². The zero-order valence-corrected chi connectivity index (χ0v) is 12.2. The van der Waals surface area contributed by atoms with Gasteiger partial charge in [-0.3, -0.25) is 9.78 Å². The van der Waals surface area contributed by atoms with E-state index in [1.807, 2.05) is 26.8 Å². The maximum Gasteiger partial charge on any atom is 0.227 e. The molecule has 1 fully saturated rings. The van der Waals surface area contributed by atoms with E-state index < -0.39 is 0 Å². The summed E-state index contributed by atoms with van der Waals surface area (Å²) in [6.07, 6.45) is 7.85. The van der Waals surface area contributed by atoms with Crippen molar-refractivity contribution in [3.05, 3.63) is 29.1 Å². The third kappa shape index (κ3) is 3.34. The van der Waals surface area contributed by atoms with Crippen molar-refractivity contribution in [2.24, 2.45) is 0 Å². The molecule has 1 atom stereocenters. The number of nitrogens with one attached hydrogen (secondary N) is 1. The highest BCUT2D eigenvalue weighted by atomic mass is 16.1. The number of carbonyl (C=O) groups is 1. The minimum Gasteiger partial charge on any atom is -0.353 e. The first-order valence-corrected chi connectivity index (χ1v) is 7.32. The predicted octanol–water partition coefficient (Wildman–Crippen LogP) is 3.25. The number of aromatic nitrogens is 1. The molecule has 0 aliphatic heterocycles. The Labute approximate surface area is 115 Å². The van der Waals surface area contributed by atoms with Crippen LogP contribution in [-0.4, -0.2) is 16.9 Å². The van der Waals surface area contributed by atoms with Crippen LogP contribution in [0.2, 0.25) is 0 Å². The quantitative estimate of drug-likeness (QED) is 0.906. The molecule has 2 rings (SSSR count). The lowest BCUT2D eigenvalue weighted by atomic mass is 9.92. The fraction of sp³-hybridized carbons (Fsp3) is 0.625. The average Bonchev–Trinajstić information content (AvgIpc) is 2.42. The van der Waals surface area contributed by atoms with E-state index in [4.69, 9.17) is 0 Å². The van der Waals surface area contributed by atoms with Crippen molar-refractivity contribution in [1.29, 1.82) is 0 Å². The average molecular weight is 260 g/mol. The third-order valence-corrected chi connectivity index (χ3v) is 4.31. The standard InChI is InChI=1S/C16H24N2O/c1-11-13(3)17-10-9-15(11)12(2)16(19)18-14-7-5-4-6-8-14/h9-10,12,14H,4-8H2,1-3H3,(H,18,19). The van der Waals surface area contributed by atoms with Gasteiger partial charge in [0.2, 0.25) is 5.91 Å². The Morgan fingerprint density at radius 1 is 1.32 bits per heavy atom. The molecule has 1 heterocycles. The fourth-order valence-corrected chi connectivity index (χ4v) is 2.84. The van der Waals surface area contributed by atoms with E-state index in [2.05, 4.69) is 10.3 Å². The molecular formula is C16H24N2O. The van der Waals surface area contributed by atoms with Crippen molar-refractivity contribution < 1.29 is 4.79 Å². The first-order chi connectivity index (χ1) is 9.09. The van der Waals surface area contributed by atoms with Crippen LogP contribution in [0.1, 0.15) is 61.8 Å². The molecule has 1 saturated carbocycles. The number of rotatable bonds is 3. The van der Waals surface area contributed by atoms with Crippen molar-refractivity contribution in [2.75, 3.05) is 0 Å². The number of carbonyl (C=O) groups excluding carboxylic acids is 1. The van der Waals surface area contributed by atoms with Crippen molar-refractivity contribution >= 4 is 5.91 Å². The summed E-state index contributed by atoms with van der Waals surface area (Å²) < 4.78 is 0. The molecule has 1 aliphatic rings. The van der Waals surface area contributed by atoms with Crippen LogP contribution in [0.5, 0.6) is 0 Å². The van der Waals surface area contributed by atoms with E-state index in [-0.39, 0.29) is 11.8 Å². The number of aryl methyl sites for hydroxylation is 1. The lowest BCUT2D eigenvalue weighted by Crippen LogP contribution is -2.38. The Bertz CT molecular complexity index is 450. The van der Waals surface area contributed by atoms with Gasteiger partial charge >= 0.3 is 0 Å². The van der Waals surface area contributed by atoms with Crippen LogP contribution in [0.3, 0.4) is 0 Å². The molecule has 1 aliphatic carbocycles. The van der Waals surface area contributed by atoms with Gasteiger partial charge in [-0.15, -0.1) is 0 Å². The number of hydrogen-bond acceptors (Lipinski definition) is 2. The van der Waals surface area contributed by atoms with Gasteiger partial charge in [-0.05, 0) is 50.8 Å².